The largest absolute Gasteiger partial charge is 0.470 e. The zero-order chi connectivity index (χ0) is 17.5. The van der Waals surface area contributed by atoms with Gasteiger partial charge in [0.05, 0.1) is 15.0 Å². The summed E-state index contributed by atoms with van der Waals surface area (Å²) in [5.41, 5.74) is -2.40. The highest BCUT2D eigenvalue weighted by atomic mass is 16.7. The van der Waals surface area contributed by atoms with Gasteiger partial charge in [-0.05, 0) is 15.0 Å². The van der Waals surface area contributed by atoms with Gasteiger partial charge in [-0.1, -0.05) is 5.12 Å². The molecule has 0 bridgehead atoms. The molecule has 2 rings (SSSR count). The van der Waals surface area contributed by atoms with E-state index >= 15 is 0 Å². The van der Waals surface area contributed by atoms with Crippen molar-refractivity contribution in [3.8, 4) is 0 Å². The fraction of sp³-hybridized carbons (Fsp3) is 0. The molecule has 0 fully saturated rings. The summed E-state index contributed by atoms with van der Waals surface area (Å²) in [6.45, 7) is 0. The van der Waals surface area contributed by atoms with Gasteiger partial charge in [-0.3, -0.25) is 20.2 Å². The fourth-order valence-corrected chi connectivity index (χ4v) is 1.72. The minimum atomic E-state index is -1.28. The maximum atomic E-state index is 11.0. The smallest absolute Gasteiger partial charge is 0.358 e. The molecule has 0 spiro atoms. The Morgan fingerprint density at radius 1 is 0.870 bits per heavy atom. The molecule has 17 heteroatoms. The molecule has 0 amide bonds. The number of hydrogen-bond acceptors (Lipinski definition) is 13. The van der Waals surface area contributed by atoms with E-state index in [2.05, 4.69) is 10.2 Å². The molecule has 0 aromatic rings. The summed E-state index contributed by atoms with van der Waals surface area (Å²) in [7, 11) is 0. The Morgan fingerprint density at radius 3 is 1.87 bits per heavy atom. The van der Waals surface area contributed by atoms with Crippen molar-refractivity contribution in [2.24, 2.45) is 16.1 Å². The molecule has 120 valence electrons. The third kappa shape index (κ3) is 2.27. The van der Waals surface area contributed by atoms with Crippen molar-refractivity contribution in [2.45, 2.75) is 0 Å². The SMILES string of the molecule is NN1NC(=C2N=NC([N+](=O)[O-])=C2[N+](=O)[O-])C([N+](=O)[O-])=C1[N+](=O)[O-]. The lowest BCUT2D eigenvalue weighted by Crippen LogP contribution is -2.39. The molecule has 3 N–H and O–H groups in total. The molecule has 0 aromatic heterocycles. The lowest BCUT2D eigenvalue weighted by Gasteiger charge is -2.03. The van der Waals surface area contributed by atoms with Crippen molar-refractivity contribution in [2.75, 3.05) is 0 Å². The first-order valence-electron chi connectivity index (χ1n) is 5.21. The van der Waals surface area contributed by atoms with Crippen LogP contribution in [0.3, 0.4) is 0 Å². The number of nitrogens with one attached hydrogen (secondary N) is 1. The number of hydrogen-bond donors (Lipinski definition) is 2. The van der Waals surface area contributed by atoms with Crippen molar-refractivity contribution in [3.63, 3.8) is 0 Å². The number of hydrazine groups is 2. The standard InChI is InChI=1S/C6H3N9O8/c7-11-6(15(22)23)4(13(18)19)2(10-11)1-3(12(16)17)5(9-8-1)14(20)21/h10H,7H2. The third-order valence-electron chi connectivity index (χ3n) is 2.54. The van der Waals surface area contributed by atoms with E-state index in [1.165, 1.54) is 0 Å². The quantitative estimate of drug-likeness (QED) is 0.352. The lowest BCUT2D eigenvalue weighted by atomic mass is 10.2. The maximum absolute atomic E-state index is 11.0. The van der Waals surface area contributed by atoms with Crippen LogP contribution in [0.15, 0.2) is 44.7 Å². The van der Waals surface area contributed by atoms with Gasteiger partial charge in [-0.15, -0.1) is 5.84 Å². The highest BCUT2D eigenvalue weighted by Gasteiger charge is 2.52. The molecular formula is C6H3N9O8. The summed E-state index contributed by atoms with van der Waals surface area (Å²) in [6.07, 6.45) is 0. The monoisotopic (exact) mass is 329 g/mol. The van der Waals surface area contributed by atoms with Crippen molar-refractivity contribution in [1.29, 1.82) is 0 Å². The molecule has 0 radical (unpaired) electrons. The summed E-state index contributed by atoms with van der Waals surface area (Å²) in [5.74, 6) is 2.66. The lowest BCUT2D eigenvalue weighted by molar-refractivity contribution is -0.479. The first-order chi connectivity index (χ1) is 10.7. The normalized spacial score (nSPS) is 20.1. The van der Waals surface area contributed by atoms with E-state index in [0.717, 1.165) is 0 Å². The summed E-state index contributed by atoms with van der Waals surface area (Å²) >= 11 is 0. The van der Waals surface area contributed by atoms with Gasteiger partial charge in [0, 0.05) is 0 Å². The van der Waals surface area contributed by atoms with Crippen LogP contribution in [0, 0.1) is 40.5 Å². The minimum Gasteiger partial charge on any atom is -0.358 e. The number of azo groups is 1. The fourth-order valence-electron chi connectivity index (χ4n) is 1.72. The summed E-state index contributed by atoms with van der Waals surface area (Å²) < 4.78 is 0. The van der Waals surface area contributed by atoms with Crippen LogP contribution in [0.5, 0.6) is 0 Å². The van der Waals surface area contributed by atoms with E-state index in [4.69, 9.17) is 5.84 Å². The van der Waals surface area contributed by atoms with Gasteiger partial charge < -0.3 is 20.2 Å². The number of nitro groups is 4. The molecule has 0 aliphatic carbocycles. The van der Waals surface area contributed by atoms with E-state index in [1.807, 2.05) is 5.43 Å². The topological polar surface area (TPSA) is 239 Å². The Balaban J connectivity index is 2.79. The Morgan fingerprint density at radius 2 is 1.43 bits per heavy atom. The van der Waals surface area contributed by atoms with Gasteiger partial charge in [-0.25, -0.2) is 0 Å². The number of nitrogens with zero attached hydrogens (tertiary/aromatic N) is 7. The van der Waals surface area contributed by atoms with Crippen LogP contribution in [0.2, 0.25) is 0 Å². The van der Waals surface area contributed by atoms with Crippen LogP contribution < -0.4 is 11.3 Å². The number of nitrogens with two attached hydrogens (primary N) is 1. The Labute approximate surface area is 122 Å². The summed E-state index contributed by atoms with van der Waals surface area (Å²) in [5, 5.41) is 49.7. The Bertz CT molecular complexity index is 790. The van der Waals surface area contributed by atoms with Crippen molar-refractivity contribution in [3.05, 3.63) is 74.9 Å². The molecular weight excluding hydrogens is 326 g/mol. The molecule has 2 aliphatic rings. The van der Waals surface area contributed by atoms with Gasteiger partial charge in [0.25, 0.3) is 0 Å². The van der Waals surface area contributed by atoms with Crippen LogP contribution in [-0.2, 0) is 0 Å². The molecule has 2 aliphatic heterocycles. The first-order valence-corrected chi connectivity index (χ1v) is 5.21. The molecule has 0 aromatic carbocycles. The highest BCUT2D eigenvalue weighted by molar-refractivity contribution is 5.43. The number of rotatable bonds is 4. The molecule has 23 heavy (non-hydrogen) atoms. The van der Waals surface area contributed by atoms with Crippen molar-refractivity contribution >= 4 is 0 Å². The van der Waals surface area contributed by atoms with Crippen LogP contribution in [-0.4, -0.2) is 24.8 Å². The highest BCUT2D eigenvalue weighted by Crippen LogP contribution is 2.34. The van der Waals surface area contributed by atoms with Gasteiger partial charge in [0.2, 0.25) is 11.4 Å². The van der Waals surface area contributed by atoms with Crippen LogP contribution in [0.1, 0.15) is 0 Å². The second-order valence-electron chi connectivity index (χ2n) is 3.78. The molecule has 0 unspecified atom stereocenters. The second kappa shape index (κ2) is 5.07. The molecule has 0 saturated heterocycles. The average molecular weight is 329 g/mol. The van der Waals surface area contributed by atoms with Gasteiger partial charge in [0.1, 0.15) is 0 Å². The first kappa shape index (κ1) is 15.4. The van der Waals surface area contributed by atoms with Crippen LogP contribution in [0.25, 0.3) is 0 Å². The average Bonchev–Trinajstić information content (AvgIpc) is 2.98. The molecule has 17 nitrogen and oxygen atoms in total. The van der Waals surface area contributed by atoms with E-state index in [9.17, 15) is 40.5 Å². The molecule has 0 saturated carbocycles. The minimum absolute atomic E-state index is 0.123. The second-order valence-corrected chi connectivity index (χ2v) is 3.78. The summed E-state index contributed by atoms with van der Waals surface area (Å²) in [4.78, 5) is 38.6. The predicted molar refractivity (Wildman–Crippen MR) is 63.1 cm³/mol. The maximum Gasteiger partial charge on any atom is 0.470 e. The van der Waals surface area contributed by atoms with E-state index in [0.29, 0.717) is 0 Å². The van der Waals surface area contributed by atoms with E-state index in [1.54, 1.807) is 0 Å². The van der Waals surface area contributed by atoms with Gasteiger partial charge in [0.15, 0.2) is 0 Å². The van der Waals surface area contributed by atoms with E-state index < -0.39 is 54.1 Å². The Hall–Kier alpha value is -4.02. The zero-order valence-corrected chi connectivity index (χ0v) is 10.5. The predicted octanol–water partition coefficient (Wildman–Crippen LogP) is -1.20. The molecule has 0 atom stereocenters. The Kier molecular flexibility index (Phi) is 3.39. The van der Waals surface area contributed by atoms with Crippen molar-refractivity contribution < 1.29 is 19.7 Å². The molecule has 2 heterocycles. The van der Waals surface area contributed by atoms with Gasteiger partial charge in [-0.2, -0.15) is 5.43 Å². The van der Waals surface area contributed by atoms with Crippen LogP contribution >= 0.6 is 0 Å². The van der Waals surface area contributed by atoms with E-state index in [-0.39, 0.29) is 5.12 Å². The van der Waals surface area contributed by atoms with Crippen molar-refractivity contribution in [1.82, 2.24) is 10.5 Å². The van der Waals surface area contributed by atoms with Gasteiger partial charge >= 0.3 is 23.0 Å². The zero-order valence-electron chi connectivity index (χ0n) is 10.5. The third-order valence-corrected chi connectivity index (χ3v) is 2.54. The summed E-state index contributed by atoms with van der Waals surface area (Å²) in [6, 6.07) is 0. The van der Waals surface area contributed by atoms with Crippen LogP contribution in [0.4, 0.5) is 0 Å².